The number of hydrazine groups is 1. The van der Waals surface area contributed by atoms with Crippen molar-refractivity contribution in [2.75, 3.05) is 0 Å². The molecule has 1 atom stereocenters. The smallest absolute Gasteiger partial charge is 0.0595 e. The molecule has 15 heavy (non-hydrogen) atoms. The fourth-order valence-electron chi connectivity index (χ4n) is 1.54. The lowest BCUT2D eigenvalue weighted by Gasteiger charge is -2.15. The molecule has 4 heteroatoms. The minimum Gasteiger partial charge on any atom is -0.271 e. The van der Waals surface area contributed by atoms with Crippen molar-refractivity contribution in [3.63, 3.8) is 0 Å². The summed E-state index contributed by atoms with van der Waals surface area (Å²) in [6.45, 7) is 2.14. The molecule has 3 N–H and O–H groups in total. The molecular weight excluding hydrogens is 231 g/mol. The van der Waals surface area contributed by atoms with Crippen LogP contribution in [0.2, 0.25) is 10.0 Å². The highest BCUT2D eigenvalue weighted by atomic mass is 35.5. The molecule has 2 nitrogen and oxygen atoms in total. The Labute approximate surface area is 101 Å². The van der Waals surface area contributed by atoms with Gasteiger partial charge in [0.1, 0.15) is 0 Å². The van der Waals surface area contributed by atoms with Gasteiger partial charge in [0, 0.05) is 6.04 Å². The number of benzene rings is 1. The molecule has 0 aliphatic carbocycles. The van der Waals surface area contributed by atoms with Crippen LogP contribution in [0.3, 0.4) is 0 Å². The van der Waals surface area contributed by atoms with E-state index in [1.54, 1.807) is 0 Å². The Morgan fingerprint density at radius 1 is 1.33 bits per heavy atom. The normalized spacial score (nSPS) is 12.8. The molecule has 1 aromatic carbocycles. The molecule has 0 aliphatic heterocycles. The highest BCUT2D eigenvalue weighted by molar-refractivity contribution is 6.42. The molecule has 1 aromatic rings. The molecule has 1 unspecified atom stereocenters. The summed E-state index contributed by atoms with van der Waals surface area (Å²) >= 11 is 11.8. The van der Waals surface area contributed by atoms with Gasteiger partial charge in [-0.1, -0.05) is 42.6 Å². The molecule has 0 aromatic heterocycles. The van der Waals surface area contributed by atoms with Crippen LogP contribution in [0.1, 0.15) is 25.3 Å². The topological polar surface area (TPSA) is 38.0 Å². The predicted octanol–water partition coefficient (Wildman–Crippen LogP) is 3.17. The van der Waals surface area contributed by atoms with Gasteiger partial charge in [-0.15, -0.1) is 0 Å². The van der Waals surface area contributed by atoms with Gasteiger partial charge in [-0.2, -0.15) is 0 Å². The Morgan fingerprint density at radius 2 is 2.07 bits per heavy atom. The maximum Gasteiger partial charge on any atom is 0.0595 e. The van der Waals surface area contributed by atoms with Crippen molar-refractivity contribution in [2.24, 2.45) is 5.84 Å². The van der Waals surface area contributed by atoms with Crippen molar-refractivity contribution in [2.45, 2.75) is 32.2 Å². The van der Waals surface area contributed by atoms with E-state index >= 15 is 0 Å². The third-order valence-corrected chi connectivity index (χ3v) is 3.08. The minimum atomic E-state index is 0.298. The summed E-state index contributed by atoms with van der Waals surface area (Å²) < 4.78 is 0. The average molecular weight is 247 g/mol. The van der Waals surface area contributed by atoms with Crippen molar-refractivity contribution < 1.29 is 0 Å². The molecule has 0 saturated heterocycles. The number of halogens is 2. The first-order valence-electron chi connectivity index (χ1n) is 5.07. The molecule has 0 amide bonds. The summed E-state index contributed by atoms with van der Waals surface area (Å²) in [5.41, 5.74) is 3.96. The van der Waals surface area contributed by atoms with Gasteiger partial charge in [0.25, 0.3) is 0 Å². The SMILES string of the molecule is CCCC(Cc1ccc(Cl)c(Cl)c1)NN. The van der Waals surface area contributed by atoms with Gasteiger partial charge < -0.3 is 0 Å². The molecule has 0 aliphatic rings. The fourth-order valence-corrected chi connectivity index (χ4v) is 1.86. The Balaban J connectivity index is 2.66. The summed E-state index contributed by atoms with van der Waals surface area (Å²) in [6.07, 6.45) is 3.04. The summed E-state index contributed by atoms with van der Waals surface area (Å²) in [5, 5.41) is 1.19. The number of rotatable bonds is 5. The Kier molecular flexibility index (Phi) is 5.40. The molecule has 84 valence electrons. The van der Waals surface area contributed by atoms with Gasteiger partial charge in [-0.05, 0) is 30.5 Å². The quantitative estimate of drug-likeness (QED) is 0.619. The van der Waals surface area contributed by atoms with Crippen molar-refractivity contribution in [1.29, 1.82) is 0 Å². The molecule has 0 saturated carbocycles. The monoisotopic (exact) mass is 246 g/mol. The fraction of sp³-hybridized carbons (Fsp3) is 0.455. The molecule has 0 heterocycles. The maximum absolute atomic E-state index is 5.93. The van der Waals surface area contributed by atoms with E-state index in [2.05, 4.69) is 12.3 Å². The number of nitrogens with two attached hydrogens (primary N) is 1. The van der Waals surface area contributed by atoms with E-state index in [1.165, 1.54) is 0 Å². The van der Waals surface area contributed by atoms with Crippen molar-refractivity contribution >= 4 is 23.2 Å². The first-order chi connectivity index (χ1) is 7.17. The van der Waals surface area contributed by atoms with Crippen LogP contribution in [-0.2, 0) is 6.42 Å². The van der Waals surface area contributed by atoms with E-state index in [0.717, 1.165) is 24.8 Å². The van der Waals surface area contributed by atoms with Crippen LogP contribution in [0.25, 0.3) is 0 Å². The van der Waals surface area contributed by atoms with E-state index < -0.39 is 0 Å². The average Bonchev–Trinajstić information content (AvgIpc) is 2.23. The second kappa shape index (κ2) is 6.33. The van der Waals surface area contributed by atoms with E-state index in [-0.39, 0.29) is 0 Å². The van der Waals surface area contributed by atoms with E-state index in [4.69, 9.17) is 29.0 Å². The van der Waals surface area contributed by atoms with Gasteiger partial charge in [-0.25, -0.2) is 0 Å². The zero-order valence-electron chi connectivity index (χ0n) is 8.76. The highest BCUT2D eigenvalue weighted by Gasteiger charge is 2.07. The summed E-state index contributed by atoms with van der Waals surface area (Å²) in [4.78, 5) is 0. The van der Waals surface area contributed by atoms with Crippen LogP contribution < -0.4 is 11.3 Å². The molecule has 0 radical (unpaired) electrons. The first-order valence-corrected chi connectivity index (χ1v) is 5.83. The largest absolute Gasteiger partial charge is 0.271 e. The molecule has 0 spiro atoms. The molecular formula is C11H16Cl2N2. The lowest BCUT2D eigenvalue weighted by atomic mass is 10.0. The van der Waals surface area contributed by atoms with Crippen LogP contribution in [0.15, 0.2) is 18.2 Å². The van der Waals surface area contributed by atoms with Gasteiger partial charge in [-0.3, -0.25) is 11.3 Å². The Hall–Kier alpha value is -0.280. The first kappa shape index (κ1) is 12.8. The van der Waals surface area contributed by atoms with Gasteiger partial charge in [0.05, 0.1) is 10.0 Å². The lowest BCUT2D eigenvalue weighted by molar-refractivity contribution is 0.486. The highest BCUT2D eigenvalue weighted by Crippen LogP contribution is 2.23. The van der Waals surface area contributed by atoms with Crippen LogP contribution in [0, 0.1) is 0 Å². The summed E-state index contributed by atoms with van der Waals surface area (Å²) in [5.74, 6) is 5.47. The van der Waals surface area contributed by atoms with Crippen LogP contribution in [-0.4, -0.2) is 6.04 Å². The summed E-state index contributed by atoms with van der Waals surface area (Å²) in [6, 6.07) is 5.99. The Bertz CT molecular complexity index is 315. The standard InChI is InChI=1S/C11H16Cl2N2/c1-2-3-9(15-14)6-8-4-5-10(12)11(13)7-8/h4-5,7,9,15H,2-3,6,14H2,1H3. The van der Waals surface area contributed by atoms with E-state index in [0.29, 0.717) is 16.1 Å². The Morgan fingerprint density at radius 3 is 2.60 bits per heavy atom. The van der Waals surface area contributed by atoms with Crippen LogP contribution in [0.5, 0.6) is 0 Å². The second-order valence-electron chi connectivity index (χ2n) is 3.60. The van der Waals surface area contributed by atoms with E-state index in [1.807, 2.05) is 18.2 Å². The van der Waals surface area contributed by atoms with Crippen LogP contribution in [0.4, 0.5) is 0 Å². The molecule has 0 bridgehead atoms. The molecule has 1 rings (SSSR count). The maximum atomic E-state index is 5.93. The number of hydrogen-bond acceptors (Lipinski definition) is 2. The van der Waals surface area contributed by atoms with Gasteiger partial charge in [0.2, 0.25) is 0 Å². The minimum absolute atomic E-state index is 0.298. The zero-order chi connectivity index (χ0) is 11.3. The van der Waals surface area contributed by atoms with E-state index in [9.17, 15) is 0 Å². The second-order valence-corrected chi connectivity index (χ2v) is 4.42. The third-order valence-electron chi connectivity index (χ3n) is 2.34. The number of hydrogen-bond donors (Lipinski definition) is 2. The van der Waals surface area contributed by atoms with Gasteiger partial charge in [0.15, 0.2) is 0 Å². The van der Waals surface area contributed by atoms with Crippen LogP contribution >= 0.6 is 23.2 Å². The van der Waals surface area contributed by atoms with Gasteiger partial charge >= 0.3 is 0 Å². The predicted molar refractivity (Wildman–Crippen MR) is 66.2 cm³/mol. The van der Waals surface area contributed by atoms with Crippen molar-refractivity contribution in [1.82, 2.24) is 5.43 Å². The number of nitrogens with one attached hydrogen (secondary N) is 1. The summed E-state index contributed by atoms with van der Waals surface area (Å²) in [7, 11) is 0. The van der Waals surface area contributed by atoms with Crippen molar-refractivity contribution in [3.8, 4) is 0 Å². The molecule has 0 fully saturated rings. The third kappa shape index (κ3) is 3.99. The van der Waals surface area contributed by atoms with Crippen molar-refractivity contribution in [3.05, 3.63) is 33.8 Å². The zero-order valence-corrected chi connectivity index (χ0v) is 10.3. The lowest BCUT2D eigenvalue weighted by Crippen LogP contribution is -2.36.